The van der Waals surface area contributed by atoms with Crippen LogP contribution in [0, 0.1) is 11.3 Å². The lowest BCUT2D eigenvalue weighted by Gasteiger charge is -2.06. The van der Waals surface area contributed by atoms with E-state index in [1.165, 1.54) is 30.3 Å². The Morgan fingerprint density at radius 2 is 1.88 bits per heavy atom. The lowest BCUT2D eigenvalue weighted by molar-refractivity contribution is -0.112. The smallest absolute Gasteiger partial charge is 0.288 e. The molecule has 2 aromatic carbocycles. The molecule has 3 nitrogen and oxygen atoms in total. The van der Waals surface area contributed by atoms with Crippen LogP contribution in [0.4, 0.5) is 14.5 Å². The second kappa shape index (κ2) is 8.86. The average molecular weight is 399 g/mol. The van der Waals surface area contributed by atoms with Gasteiger partial charge in [0.05, 0.1) is 10.0 Å². The number of benzene rings is 2. The average Bonchev–Trinajstić information content (AvgIpc) is 2.57. The molecule has 0 aliphatic heterocycles. The fourth-order valence-corrected chi connectivity index (χ4v) is 2.72. The van der Waals surface area contributed by atoms with Gasteiger partial charge in [0.2, 0.25) is 0 Å². The van der Waals surface area contributed by atoms with Crippen molar-refractivity contribution in [1.82, 2.24) is 0 Å². The molecule has 0 saturated carbocycles. The van der Waals surface area contributed by atoms with Crippen molar-refractivity contribution >= 4 is 52.6 Å². The molecule has 1 amide bonds. The minimum Gasteiger partial charge on any atom is -0.321 e. The van der Waals surface area contributed by atoms with Gasteiger partial charge in [-0.1, -0.05) is 47.1 Å². The number of thioether (sulfide) groups is 1. The Morgan fingerprint density at radius 1 is 1.20 bits per heavy atom. The van der Waals surface area contributed by atoms with E-state index >= 15 is 0 Å². The van der Waals surface area contributed by atoms with Gasteiger partial charge < -0.3 is 5.32 Å². The Morgan fingerprint density at radius 3 is 2.48 bits per heavy atom. The van der Waals surface area contributed by atoms with Crippen LogP contribution >= 0.6 is 35.0 Å². The highest BCUT2D eigenvalue weighted by atomic mass is 35.5. The fourth-order valence-electron chi connectivity index (χ4n) is 1.85. The van der Waals surface area contributed by atoms with Crippen molar-refractivity contribution in [3.63, 3.8) is 0 Å². The van der Waals surface area contributed by atoms with Crippen LogP contribution in [0.1, 0.15) is 5.56 Å². The van der Waals surface area contributed by atoms with Gasteiger partial charge >= 0.3 is 0 Å². The summed E-state index contributed by atoms with van der Waals surface area (Å²) in [6.07, 6.45) is 1.32. The molecular weight excluding hydrogens is 389 g/mol. The van der Waals surface area contributed by atoms with Gasteiger partial charge in [0.1, 0.15) is 11.6 Å². The molecule has 0 aliphatic carbocycles. The number of hydrogen-bond donors (Lipinski definition) is 1. The number of nitriles is 1. The van der Waals surface area contributed by atoms with E-state index in [1.807, 2.05) is 0 Å². The molecule has 2 aromatic rings. The van der Waals surface area contributed by atoms with E-state index in [1.54, 1.807) is 24.3 Å². The second-order valence-electron chi connectivity index (χ2n) is 4.67. The lowest BCUT2D eigenvalue weighted by atomic mass is 10.1. The zero-order valence-electron chi connectivity index (χ0n) is 12.5. The number of nitrogens with zero attached hydrogens (tertiary/aromatic N) is 1. The maximum atomic E-state index is 12.3. The first-order valence-electron chi connectivity index (χ1n) is 6.82. The lowest BCUT2D eigenvalue weighted by Crippen LogP contribution is -2.13. The van der Waals surface area contributed by atoms with E-state index in [2.05, 4.69) is 5.32 Å². The topological polar surface area (TPSA) is 52.9 Å². The SMILES string of the molecule is N#CC(=Cc1cccc(Cl)c1Cl)C(=O)Nc1ccc(SC(F)F)cc1. The summed E-state index contributed by atoms with van der Waals surface area (Å²) in [6.45, 7) is 0. The Labute approximate surface area is 157 Å². The quantitative estimate of drug-likeness (QED) is 0.390. The number of hydrogen-bond acceptors (Lipinski definition) is 3. The summed E-state index contributed by atoms with van der Waals surface area (Å²) in [6, 6.07) is 12.5. The highest BCUT2D eigenvalue weighted by Crippen LogP contribution is 2.28. The molecule has 0 aliphatic rings. The van der Waals surface area contributed by atoms with Gasteiger partial charge in [-0.15, -0.1) is 0 Å². The fraction of sp³-hybridized carbons (Fsp3) is 0.0588. The van der Waals surface area contributed by atoms with Crippen LogP contribution in [0.15, 0.2) is 52.9 Å². The molecule has 8 heteroatoms. The van der Waals surface area contributed by atoms with Crippen LogP contribution in [0.25, 0.3) is 6.08 Å². The molecule has 0 fully saturated rings. The van der Waals surface area contributed by atoms with Crippen molar-refractivity contribution < 1.29 is 13.6 Å². The van der Waals surface area contributed by atoms with Crippen LogP contribution in [-0.4, -0.2) is 11.7 Å². The maximum Gasteiger partial charge on any atom is 0.288 e. The van der Waals surface area contributed by atoms with E-state index in [9.17, 15) is 18.8 Å². The number of rotatable bonds is 5. The van der Waals surface area contributed by atoms with Crippen molar-refractivity contribution in [2.75, 3.05) is 5.32 Å². The van der Waals surface area contributed by atoms with E-state index in [0.29, 0.717) is 32.9 Å². The Hall–Kier alpha value is -2.07. The minimum absolute atomic E-state index is 0.171. The van der Waals surface area contributed by atoms with E-state index in [-0.39, 0.29) is 10.6 Å². The zero-order valence-corrected chi connectivity index (χ0v) is 14.8. The third-order valence-electron chi connectivity index (χ3n) is 2.98. The molecular formula is C17H10Cl2F2N2OS. The number of alkyl halides is 2. The number of nitrogens with one attached hydrogen (secondary N) is 1. The third kappa shape index (κ3) is 5.46. The standard InChI is InChI=1S/C17H10Cl2F2N2OS/c18-14-3-1-2-10(15(14)19)8-11(9-22)16(24)23-12-4-6-13(7-5-12)25-17(20)21/h1-8,17H,(H,23,24). The Bertz CT molecular complexity index is 849. The van der Waals surface area contributed by atoms with Crippen LogP contribution in [-0.2, 0) is 4.79 Å². The van der Waals surface area contributed by atoms with Crippen molar-refractivity contribution in [2.24, 2.45) is 0 Å². The first-order chi connectivity index (χ1) is 11.9. The number of anilines is 1. The van der Waals surface area contributed by atoms with Gasteiger partial charge in [-0.25, -0.2) is 0 Å². The minimum atomic E-state index is -2.52. The van der Waals surface area contributed by atoms with Crippen LogP contribution in [0.5, 0.6) is 0 Å². The van der Waals surface area contributed by atoms with E-state index in [4.69, 9.17) is 23.2 Å². The first-order valence-corrected chi connectivity index (χ1v) is 8.46. The summed E-state index contributed by atoms with van der Waals surface area (Å²) in [5.74, 6) is -3.16. The highest BCUT2D eigenvalue weighted by molar-refractivity contribution is 7.99. The summed E-state index contributed by atoms with van der Waals surface area (Å²) in [5, 5.41) is 12.3. The molecule has 0 saturated heterocycles. The number of halogens is 4. The molecule has 0 radical (unpaired) electrons. The summed E-state index contributed by atoms with van der Waals surface area (Å²) >= 11 is 12.3. The summed E-state index contributed by atoms with van der Waals surface area (Å²) < 4.78 is 24.6. The molecule has 0 bridgehead atoms. The van der Waals surface area contributed by atoms with Crippen LogP contribution in [0.3, 0.4) is 0 Å². The van der Waals surface area contributed by atoms with E-state index in [0.717, 1.165) is 0 Å². The summed E-state index contributed by atoms with van der Waals surface area (Å²) in [4.78, 5) is 12.6. The van der Waals surface area contributed by atoms with E-state index < -0.39 is 11.7 Å². The first kappa shape index (κ1) is 19.3. The number of carbonyl (C=O) groups excluding carboxylic acids is 1. The number of amides is 1. The Balaban J connectivity index is 2.16. The molecule has 0 unspecified atom stereocenters. The van der Waals surface area contributed by atoms with Gasteiger partial charge in [-0.2, -0.15) is 14.0 Å². The van der Waals surface area contributed by atoms with Crippen molar-refractivity contribution in [3.8, 4) is 6.07 Å². The maximum absolute atomic E-state index is 12.3. The third-order valence-corrected chi connectivity index (χ3v) is 4.54. The molecule has 128 valence electrons. The molecule has 0 heterocycles. The molecule has 0 aromatic heterocycles. The van der Waals surface area contributed by atoms with Gasteiger partial charge in [0, 0.05) is 10.6 Å². The van der Waals surface area contributed by atoms with Gasteiger partial charge in [-0.05, 0) is 42.0 Å². The van der Waals surface area contributed by atoms with Gasteiger partial charge in [0.25, 0.3) is 11.7 Å². The molecule has 2 rings (SSSR count). The highest BCUT2D eigenvalue weighted by Gasteiger charge is 2.12. The number of carbonyl (C=O) groups is 1. The normalized spacial score (nSPS) is 11.3. The monoisotopic (exact) mass is 398 g/mol. The van der Waals surface area contributed by atoms with Crippen molar-refractivity contribution in [3.05, 3.63) is 63.6 Å². The van der Waals surface area contributed by atoms with Crippen LogP contribution < -0.4 is 5.32 Å². The van der Waals surface area contributed by atoms with Gasteiger partial charge in [0.15, 0.2) is 0 Å². The zero-order chi connectivity index (χ0) is 18.4. The molecule has 0 spiro atoms. The van der Waals surface area contributed by atoms with Gasteiger partial charge in [-0.3, -0.25) is 4.79 Å². The summed E-state index contributed by atoms with van der Waals surface area (Å²) in [7, 11) is 0. The van der Waals surface area contributed by atoms with Crippen molar-refractivity contribution in [2.45, 2.75) is 10.7 Å². The Kier molecular flexibility index (Phi) is 6.82. The molecule has 0 atom stereocenters. The predicted octanol–water partition coefficient (Wildman–Crippen LogP) is 5.85. The second-order valence-corrected chi connectivity index (χ2v) is 6.52. The molecule has 1 N–H and O–H groups in total. The van der Waals surface area contributed by atoms with Crippen molar-refractivity contribution in [1.29, 1.82) is 5.26 Å². The van der Waals surface area contributed by atoms with Crippen LogP contribution in [0.2, 0.25) is 10.0 Å². The largest absolute Gasteiger partial charge is 0.321 e. The predicted molar refractivity (Wildman–Crippen MR) is 97.0 cm³/mol. The molecule has 25 heavy (non-hydrogen) atoms. The summed E-state index contributed by atoms with van der Waals surface area (Å²) in [5.41, 5.74) is 0.640.